The van der Waals surface area contributed by atoms with E-state index < -0.39 is 20.8 Å². The quantitative estimate of drug-likeness (QED) is 0.109. The van der Waals surface area contributed by atoms with Gasteiger partial charge in [0.15, 0.2) is 0 Å². The number of aryl methyl sites for hydroxylation is 2. The second-order valence-electron chi connectivity index (χ2n) is 10.9. The molecule has 0 aliphatic carbocycles. The minimum absolute atomic E-state index is 0.826. The third-order valence-corrected chi connectivity index (χ3v) is 7.49. The molecule has 0 heterocycles. The molecule has 226 valence electrons. The maximum atomic E-state index is 4.93. The standard InChI is InChI=1S/2C19H19.C2H6Si.2ClH.Zr/c2*1-2-8-16-14-17-11-6-7-12-18(17)19(16)13-15-9-4-3-5-10-15;1-3-2;;;/h2*3-7,9-12,14H,2,8,13H2,1H3;1-2H3;2*1H;/q2*-1;;;;+4/p-2. The first-order valence-electron chi connectivity index (χ1n) is 15.5. The van der Waals surface area contributed by atoms with Crippen LogP contribution in [-0.4, -0.2) is 9.52 Å². The molecule has 0 atom stereocenters. The predicted octanol–water partition coefficient (Wildman–Crippen LogP) is 12.4. The molecule has 6 aromatic carbocycles. The van der Waals surface area contributed by atoms with E-state index in [1.165, 1.54) is 80.6 Å². The molecule has 0 N–H and O–H groups in total. The van der Waals surface area contributed by atoms with E-state index in [1.54, 1.807) is 0 Å². The van der Waals surface area contributed by atoms with E-state index in [2.05, 4.69) is 148 Å². The Hall–Kier alpha value is -2.22. The Bertz CT molecular complexity index is 1500. The van der Waals surface area contributed by atoms with Crippen LogP contribution in [0.3, 0.4) is 0 Å². The number of halogens is 2. The van der Waals surface area contributed by atoms with Crippen molar-refractivity contribution < 1.29 is 20.8 Å². The zero-order valence-electron chi connectivity index (χ0n) is 26.5. The number of fused-ring (bicyclic) bond motifs is 2. The van der Waals surface area contributed by atoms with Crippen molar-refractivity contribution in [2.75, 3.05) is 0 Å². The van der Waals surface area contributed by atoms with Crippen LogP contribution in [0.1, 0.15) is 60.1 Å². The van der Waals surface area contributed by atoms with Gasteiger partial charge in [-0.25, -0.2) is 0 Å². The zero-order chi connectivity index (χ0) is 31.6. The van der Waals surface area contributed by atoms with Crippen molar-refractivity contribution in [3.63, 3.8) is 0 Å². The average Bonchev–Trinajstić information content (AvgIpc) is 3.57. The normalized spacial score (nSPS) is 10.1. The third kappa shape index (κ3) is 11.0. The van der Waals surface area contributed by atoms with Crippen molar-refractivity contribution in [3.8, 4) is 0 Å². The molecule has 0 nitrogen and oxygen atoms in total. The summed E-state index contributed by atoms with van der Waals surface area (Å²) < 4.78 is 0. The molecule has 0 saturated heterocycles. The predicted molar refractivity (Wildman–Crippen MR) is 195 cm³/mol. The van der Waals surface area contributed by atoms with E-state index in [0.29, 0.717) is 0 Å². The van der Waals surface area contributed by atoms with E-state index in [4.69, 9.17) is 17.0 Å². The zero-order valence-corrected chi connectivity index (χ0v) is 31.5. The van der Waals surface area contributed by atoms with Crippen molar-refractivity contribution in [1.29, 1.82) is 0 Å². The first-order chi connectivity index (χ1) is 21.6. The van der Waals surface area contributed by atoms with Gasteiger partial charge in [0.25, 0.3) is 0 Å². The van der Waals surface area contributed by atoms with E-state index in [1.807, 2.05) is 0 Å². The second kappa shape index (κ2) is 20.7. The molecule has 6 aromatic rings. The first kappa shape index (κ1) is 36.3. The second-order valence-corrected chi connectivity index (χ2v) is 15.6. The SMILES string of the molecule is CCCc1cc2ccccc2[c-]1Cc1ccccc1.CCCc1cc2ccccc2[c-]1Cc1ccccc1.C[Si]C.[Cl][Zr+2][Cl]. The Kier molecular flexibility index (Phi) is 17.1. The van der Waals surface area contributed by atoms with Crippen molar-refractivity contribution >= 4 is 48.1 Å². The average molecular weight is 715 g/mol. The Balaban J connectivity index is 0.000000204. The maximum absolute atomic E-state index is 4.93. The molecule has 0 saturated carbocycles. The molecule has 4 heteroatoms. The van der Waals surface area contributed by atoms with Gasteiger partial charge >= 0.3 is 37.9 Å². The van der Waals surface area contributed by atoms with Crippen LogP contribution < -0.4 is 0 Å². The molecule has 0 aromatic heterocycles. The Labute approximate surface area is 287 Å². The molecule has 0 aliphatic rings. The fourth-order valence-corrected chi connectivity index (χ4v) is 5.69. The third-order valence-electron chi connectivity index (χ3n) is 7.49. The number of rotatable bonds is 8. The number of benzene rings is 4. The van der Waals surface area contributed by atoms with Crippen LogP contribution >= 0.6 is 17.0 Å². The molecule has 0 unspecified atom stereocenters. The van der Waals surface area contributed by atoms with E-state index in [9.17, 15) is 0 Å². The summed E-state index contributed by atoms with van der Waals surface area (Å²) in [6.07, 6.45) is 6.86. The minimum atomic E-state index is -0.826. The summed E-state index contributed by atoms with van der Waals surface area (Å²) >= 11 is -0.826. The molecular formula is C40H44Cl2SiZr. The summed E-state index contributed by atoms with van der Waals surface area (Å²) in [5.41, 5.74) is 8.87. The fraction of sp³-hybridized carbons (Fsp3) is 0.250. The summed E-state index contributed by atoms with van der Waals surface area (Å²) in [4.78, 5) is 0. The van der Waals surface area contributed by atoms with E-state index in [0.717, 1.165) is 22.4 Å². The molecular weight excluding hydrogens is 671 g/mol. The van der Waals surface area contributed by atoms with Gasteiger partial charge in [-0.3, -0.25) is 0 Å². The van der Waals surface area contributed by atoms with Crippen molar-refractivity contribution in [2.24, 2.45) is 0 Å². The van der Waals surface area contributed by atoms with E-state index >= 15 is 0 Å². The van der Waals surface area contributed by atoms with Gasteiger partial charge in [0, 0.05) is 9.52 Å². The molecule has 0 spiro atoms. The Morgan fingerprint density at radius 2 is 0.864 bits per heavy atom. The molecule has 44 heavy (non-hydrogen) atoms. The molecule has 0 bridgehead atoms. The van der Waals surface area contributed by atoms with Crippen LogP contribution in [0.2, 0.25) is 13.1 Å². The van der Waals surface area contributed by atoms with Crippen molar-refractivity contribution in [3.05, 3.63) is 155 Å². The molecule has 6 rings (SSSR count). The van der Waals surface area contributed by atoms with Gasteiger partial charge in [-0.15, -0.1) is 80.2 Å². The first-order valence-corrected chi connectivity index (χ1v) is 23.9. The van der Waals surface area contributed by atoms with Crippen LogP contribution in [0.4, 0.5) is 0 Å². The molecule has 0 aliphatic heterocycles. The van der Waals surface area contributed by atoms with Gasteiger partial charge in [0.2, 0.25) is 0 Å². The van der Waals surface area contributed by atoms with Crippen LogP contribution in [0, 0.1) is 0 Å². The van der Waals surface area contributed by atoms with Crippen LogP contribution in [0.15, 0.2) is 121 Å². The number of hydrogen-bond acceptors (Lipinski definition) is 0. The monoisotopic (exact) mass is 712 g/mol. The Morgan fingerprint density at radius 3 is 1.20 bits per heavy atom. The fourth-order valence-electron chi connectivity index (χ4n) is 5.69. The summed E-state index contributed by atoms with van der Waals surface area (Å²) in [5, 5.41) is 5.62. The molecule has 2 radical (unpaired) electrons. The van der Waals surface area contributed by atoms with Crippen LogP contribution in [0.5, 0.6) is 0 Å². The van der Waals surface area contributed by atoms with Crippen molar-refractivity contribution in [2.45, 2.75) is 65.5 Å². The van der Waals surface area contributed by atoms with Crippen molar-refractivity contribution in [1.82, 2.24) is 0 Å². The van der Waals surface area contributed by atoms with Gasteiger partial charge in [-0.2, -0.15) is 12.1 Å². The topological polar surface area (TPSA) is 0 Å². The molecule has 0 fully saturated rings. The number of hydrogen-bond donors (Lipinski definition) is 0. The summed E-state index contributed by atoms with van der Waals surface area (Å²) in [5.74, 6) is 0. The summed E-state index contributed by atoms with van der Waals surface area (Å²) in [7, 11) is 11.0. The van der Waals surface area contributed by atoms with Gasteiger partial charge in [-0.05, 0) is 25.7 Å². The van der Waals surface area contributed by atoms with Gasteiger partial charge in [0.05, 0.1) is 0 Å². The summed E-state index contributed by atoms with van der Waals surface area (Å²) in [6, 6.07) is 43.8. The van der Waals surface area contributed by atoms with Gasteiger partial charge in [0.1, 0.15) is 0 Å². The van der Waals surface area contributed by atoms with Crippen LogP contribution in [-0.2, 0) is 46.5 Å². The van der Waals surface area contributed by atoms with Crippen LogP contribution in [0.25, 0.3) is 21.5 Å². The summed E-state index contributed by atoms with van der Waals surface area (Å²) in [6.45, 7) is 8.81. The van der Waals surface area contributed by atoms with E-state index in [-0.39, 0.29) is 0 Å². The molecule has 0 amide bonds. The van der Waals surface area contributed by atoms with Gasteiger partial charge in [-0.1, -0.05) is 124 Å². The van der Waals surface area contributed by atoms with Gasteiger partial charge < -0.3 is 0 Å². The Morgan fingerprint density at radius 1 is 0.545 bits per heavy atom.